The first-order chi connectivity index (χ1) is 12.2. The second-order valence-corrected chi connectivity index (χ2v) is 6.57. The predicted molar refractivity (Wildman–Crippen MR) is 93.8 cm³/mol. The van der Waals surface area contributed by atoms with E-state index >= 15 is 0 Å². The Morgan fingerprint density at radius 1 is 1.36 bits per heavy atom. The van der Waals surface area contributed by atoms with E-state index in [4.69, 9.17) is 9.26 Å². The predicted octanol–water partition coefficient (Wildman–Crippen LogP) is 3.26. The van der Waals surface area contributed by atoms with E-state index in [9.17, 15) is 5.11 Å². The van der Waals surface area contributed by atoms with Crippen molar-refractivity contribution >= 4 is 0 Å². The molecule has 0 aliphatic carbocycles. The summed E-state index contributed by atoms with van der Waals surface area (Å²) in [5.74, 6) is 1.21. The summed E-state index contributed by atoms with van der Waals surface area (Å²) in [4.78, 5) is 6.79. The Kier molecular flexibility index (Phi) is 6.18. The van der Waals surface area contributed by atoms with Gasteiger partial charge in [0, 0.05) is 12.6 Å². The number of aromatic nitrogens is 2. The number of nitrogens with zero attached hydrogens (tertiary/aromatic N) is 3. The monoisotopic (exact) mass is 345 g/mol. The molecule has 1 saturated heterocycles. The summed E-state index contributed by atoms with van der Waals surface area (Å²) in [6.45, 7) is 6.11. The molecule has 3 rings (SSSR count). The molecule has 2 heterocycles. The number of benzene rings is 1. The van der Waals surface area contributed by atoms with Gasteiger partial charge in [0.1, 0.15) is 6.10 Å². The van der Waals surface area contributed by atoms with Gasteiger partial charge in [0.05, 0.1) is 12.6 Å². The fourth-order valence-electron chi connectivity index (χ4n) is 3.43. The lowest BCUT2D eigenvalue weighted by atomic mass is 10.0. The van der Waals surface area contributed by atoms with Crippen LogP contribution in [0, 0.1) is 0 Å². The maximum atomic E-state index is 10.5. The van der Waals surface area contributed by atoms with Gasteiger partial charge in [0.2, 0.25) is 5.89 Å². The Balaban J connectivity index is 1.58. The summed E-state index contributed by atoms with van der Waals surface area (Å²) in [7, 11) is 0. The summed E-state index contributed by atoms with van der Waals surface area (Å²) >= 11 is 0. The number of ether oxygens (including phenoxy) is 1. The van der Waals surface area contributed by atoms with Crippen molar-refractivity contribution in [3.05, 3.63) is 47.6 Å². The third kappa shape index (κ3) is 4.66. The molecule has 1 N–H and O–H groups in total. The molecular formula is C19H27N3O3. The molecule has 3 unspecified atom stereocenters. The normalized spacial score (nSPS) is 20.7. The van der Waals surface area contributed by atoms with E-state index in [1.165, 1.54) is 0 Å². The fraction of sp³-hybridized carbons (Fsp3) is 0.579. The Morgan fingerprint density at radius 2 is 2.16 bits per heavy atom. The van der Waals surface area contributed by atoms with Gasteiger partial charge in [-0.15, -0.1) is 0 Å². The number of hydrogen-bond acceptors (Lipinski definition) is 6. The molecule has 1 aliphatic rings. The van der Waals surface area contributed by atoms with Gasteiger partial charge in [-0.25, -0.2) is 0 Å². The van der Waals surface area contributed by atoms with E-state index < -0.39 is 6.10 Å². The lowest BCUT2D eigenvalue weighted by Gasteiger charge is -2.25. The van der Waals surface area contributed by atoms with Gasteiger partial charge in [-0.3, -0.25) is 4.90 Å². The van der Waals surface area contributed by atoms with Crippen LogP contribution in [0.1, 0.15) is 62.6 Å². The Hall–Kier alpha value is -1.76. The van der Waals surface area contributed by atoms with Gasteiger partial charge in [0.25, 0.3) is 0 Å². The molecular weight excluding hydrogens is 318 g/mol. The van der Waals surface area contributed by atoms with Crippen molar-refractivity contribution in [1.29, 1.82) is 0 Å². The van der Waals surface area contributed by atoms with Gasteiger partial charge in [-0.05, 0) is 45.2 Å². The minimum atomic E-state index is -0.442. The fourth-order valence-corrected chi connectivity index (χ4v) is 3.43. The smallest absolute Gasteiger partial charge is 0.240 e. The van der Waals surface area contributed by atoms with E-state index in [0.717, 1.165) is 31.4 Å². The molecule has 1 aliphatic heterocycles. The summed E-state index contributed by atoms with van der Waals surface area (Å²) < 4.78 is 10.9. The van der Waals surface area contributed by atoms with Crippen LogP contribution in [0.5, 0.6) is 0 Å². The SMILES string of the molecule is CCOC(C)c1noc(CN2CCCC2CC(O)c2ccccc2)n1. The molecule has 1 fully saturated rings. The minimum absolute atomic E-state index is 0.156. The number of hydrogen-bond donors (Lipinski definition) is 1. The van der Waals surface area contributed by atoms with E-state index in [1.807, 2.05) is 44.2 Å². The van der Waals surface area contributed by atoms with Crippen molar-refractivity contribution in [3.63, 3.8) is 0 Å². The van der Waals surface area contributed by atoms with E-state index in [2.05, 4.69) is 15.0 Å². The highest BCUT2D eigenvalue weighted by Gasteiger charge is 2.28. The zero-order chi connectivity index (χ0) is 17.6. The molecule has 25 heavy (non-hydrogen) atoms. The molecule has 0 saturated carbocycles. The van der Waals surface area contributed by atoms with Crippen LogP contribution in [-0.2, 0) is 11.3 Å². The van der Waals surface area contributed by atoms with Crippen LogP contribution in [0.2, 0.25) is 0 Å². The van der Waals surface area contributed by atoms with Crippen LogP contribution in [0.25, 0.3) is 0 Å². The summed E-state index contributed by atoms with van der Waals surface area (Å²) in [6.07, 6.45) is 2.34. The largest absolute Gasteiger partial charge is 0.388 e. The average Bonchev–Trinajstić information content (AvgIpc) is 3.26. The highest BCUT2D eigenvalue weighted by Crippen LogP contribution is 2.28. The molecule has 0 spiro atoms. The van der Waals surface area contributed by atoms with Crippen molar-refractivity contribution in [2.24, 2.45) is 0 Å². The first-order valence-electron chi connectivity index (χ1n) is 9.08. The quantitative estimate of drug-likeness (QED) is 0.792. The van der Waals surface area contributed by atoms with Crippen LogP contribution >= 0.6 is 0 Å². The van der Waals surface area contributed by atoms with Crippen LogP contribution in [-0.4, -0.2) is 39.3 Å². The van der Waals surface area contributed by atoms with Gasteiger partial charge in [-0.2, -0.15) is 4.98 Å². The summed E-state index contributed by atoms with van der Waals surface area (Å²) in [5.41, 5.74) is 0.972. The number of rotatable bonds is 8. The second-order valence-electron chi connectivity index (χ2n) is 6.57. The van der Waals surface area contributed by atoms with Crippen LogP contribution < -0.4 is 0 Å². The van der Waals surface area contributed by atoms with Crippen molar-refractivity contribution in [3.8, 4) is 0 Å². The van der Waals surface area contributed by atoms with Gasteiger partial charge in [0.15, 0.2) is 5.82 Å². The first kappa shape index (κ1) is 18.0. The minimum Gasteiger partial charge on any atom is -0.388 e. The molecule has 136 valence electrons. The van der Waals surface area contributed by atoms with Gasteiger partial charge >= 0.3 is 0 Å². The number of aliphatic hydroxyl groups excluding tert-OH is 1. The van der Waals surface area contributed by atoms with Gasteiger partial charge < -0.3 is 14.4 Å². The molecule has 6 heteroatoms. The van der Waals surface area contributed by atoms with Crippen molar-refractivity contribution < 1.29 is 14.4 Å². The topological polar surface area (TPSA) is 71.6 Å². The number of likely N-dealkylation sites (tertiary alicyclic amines) is 1. The van der Waals surface area contributed by atoms with Crippen LogP contribution in [0.3, 0.4) is 0 Å². The van der Waals surface area contributed by atoms with Crippen molar-refractivity contribution in [2.75, 3.05) is 13.2 Å². The number of aliphatic hydroxyl groups is 1. The molecule has 1 aromatic heterocycles. The maximum Gasteiger partial charge on any atom is 0.240 e. The summed E-state index contributed by atoms with van der Waals surface area (Å²) in [6, 6.07) is 10.2. The lowest BCUT2D eigenvalue weighted by molar-refractivity contribution is 0.0683. The maximum absolute atomic E-state index is 10.5. The zero-order valence-electron chi connectivity index (χ0n) is 15.0. The molecule has 0 radical (unpaired) electrons. The molecule has 0 amide bonds. The first-order valence-corrected chi connectivity index (χ1v) is 9.08. The van der Waals surface area contributed by atoms with Crippen molar-refractivity contribution in [2.45, 2.75) is 57.9 Å². The Bertz CT molecular complexity index is 646. The third-order valence-electron chi connectivity index (χ3n) is 4.78. The zero-order valence-corrected chi connectivity index (χ0v) is 15.0. The van der Waals surface area contributed by atoms with Crippen molar-refractivity contribution in [1.82, 2.24) is 15.0 Å². The van der Waals surface area contributed by atoms with Gasteiger partial charge in [-0.1, -0.05) is 35.5 Å². The molecule has 1 aromatic carbocycles. The van der Waals surface area contributed by atoms with E-state index in [1.54, 1.807) is 0 Å². The third-order valence-corrected chi connectivity index (χ3v) is 4.78. The lowest BCUT2D eigenvalue weighted by Crippen LogP contribution is -2.30. The highest BCUT2D eigenvalue weighted by molar-refractivity contribution is 5.17. The average molecular weight is 345 g/mol. The molecule has 0 bridgehead atoms. The Labute approximate surface area is 148 Å². The molecule has 3 atom stereocenters. The standard InChI is InChI=1S/C19H27N3O3/c1-3-24-14(2)19-20-18(25-21-19)13-22-11-7-10-16(22)12-17(23)15-8-5-4-6-9-15/h4-6,8-9,14,16-17,23H,3,7,10-13H2,1-2H3. The second kappa shape index (κ2) is 8.56. The highest BCUT2D eigenvalue weighted by atomic mass is 16.5. The molecule has 2 aromatic rings. The Morgan fingerprint density at radius 3 is 2.92 bits per heavy atom. The summed E-state index contributed by atoms with van der Waals surface area (Å²) in [5, 5.41) is 14.5. The van der Waals surface area contributed by atoms with Crippen LogP contribution in [0.15, 0.2) is 34.9 Å². The van der Waals surface area contributed by atoms with Crippen LogP contribution in [0.4, 0.5) is 0 Å². The van der Waals surface area contributed by atoms with E-state index in [-0.39, 0.29) is 6.10 Å². The molecule has 6 nitrogen and oxygen atoms in total. The van der Waals surface area contributed by atoms with E-state index in [0.29, 0.717) is 30.9 Å².